The highest BCUT2D eigenvalue weighted by molar-refractivity contribution is 7.89. The van der Waals surface area contributed by atoms with Gasteiger partial charge in [0.05, 0.1) is 4.90 Å². The standard InChI is InChI=1S/C11H15N3O3S/c12-8-2-1-3-10(6-8)18(16,17)13-7-9-4-5-11(15)14-9/h1-3,6,9,13H,4-5,7,12H2,(H,14,15). The number of amides is 1. The summed E-state index contributed by atoms with van der Waals surface area (Å²) in [7, 11) is -3.57. The van der Waals surface area contributed by atoms with E-state index in [1.54, 1.807) is 12.1 Å². The first kappa shape index (κ1) is 12.8. The Morgan fingerprint density at radius 2 is 2.22 bits per heavy atom. The maximum Gasteiger partial charge on any atom is 0.240 e. The molecule has 0 radical (unpaired) electrons. The minimum absolute atomic E-state index is 0.0387. The number of hydrogen-bond acceptors (Lipinski definition) is 4. The van der Waals surface area contributed by atoms with E-state index < -0.39 is 10.0 Å². The van der Waals surface area contributed by atoms with Crippen LogP contribution in [0.3, 0.4) is 0 Å². The van der Waals surface area contributed by atoms with E-state index >= 15 is 0 Å². The zero-order valence-electron chi connectivity index (χ0n) is 9.72. The summed E-state index contributed by atoms with van der Waals surface area (Å²) >= 11 is 0. The molecule has 0 bridgehead atoms. The highest BCUT2D eigenvalue weighted by atomic mass is 32.2. The van der Waals surface area contributed by atoms with Gasteiger partial charge in [0.25, 0.3) is 0 Å². The van der Waals surface area contributed by atoms with Gasteiger partial charge in [-0.15, -0.1) is 0 Å². The van der Waals surface area contributed by atoms with Crippen molar-refractivity contribution in [2.75, 3.05) is 12.3 Å². The van der Waals surface area contributed by atoms with Crippen molar-refractivity contribution in [3.05, 3.63) is 24.3 Å². The Labute approximate surface area is 106 Å². The number of anilines is 1. The number of carbonyl (C=O) groups is 1. The number of carbonyl (C=O) groups excluding carboxylic acids is 1. The number of benzene rings is 1. The summed E-state index contributed by atoms with van der Waals surface area (Å²) in [5, 5.41) is 2.70. The first-order chi connectivity index (χ1) is 8.47. The third-order valence-electron chi connectivity index (χ3n) is 2.77. The van der Waals surface area contributed by atoms with Crippen molar-refractivity contribution in [3.8, 4) is 0 Å². The van der Waals surface area contributed by atoms with Crippen LogP contribution < -0.4 is 15.8 Å². The highest BCUT2D eigenvalue weighted by Crippen LogP contribution is 2.13. The van der Waals surface area contributed by atoms with Gasteiger partial charge in [-0.3, -0.25) is 4.79 Å². The van der Waals surface area contributed by atoms with Gasteiger partial charge >= 0.3 is 0 Å². The monoisotopic (exact) mass is 269 g/mol. The van der Waals surface area contributed by atoms with Crippen molar-refractivity contribution in [1.82, 2.24) is 10.0 Å². The topological polar surface area (TPSA) is 101 Å². The van der Waals surface area contributed by atoms with Gasteiger partial charge in [0.15, 0.2) is 0 Å². The van der Waals surface area contributed by atoms with E-state index in [9.17, 15) is 13.2 Å². The zero-order chi connectivity index (χ0) is 13.2. The van der Waals surface area contributed by atoms with Crippen LogP contribution in [0.4, 0.5) is 5.69 Å². The minimum atomic E-state index is -3.57. The lowest BCUT2D eigenvalue weighted by atomic mass is 10.2. The van der Waals surface area contributed by atoms with E-state index in [1.807, 2.05) is 0 Å². The third kappa shape index (κ3) is 2.99. The fourth-order valence-electron chi connectivity index (χ4n) is 1.81. The van der Waals surface area contributed by atoms with Crippen LogP contribution in [0.1, 0.15) is 12.8 Å². The van der Waals surface area contributed by atoms with Crippen LogP contribution in [0.5, 0.6) is 0 Å². The number of nitrogen functional groups attached to an aromatic ring is 1. The van der Waals surface area contributed by atoms with Crippen molar-refractivity contribution < 1.29 is 13.2 Å². The largest absolute Gasteiger partial charge is 0.399 e. The molecule has 1 atom stereocenters. The first-order valence-corrected chi connectivity index (χ1v) is 7.10. The molecule has 1 saturated heterocycles. The van der Waals surface area contributed by atoms with Crippen molar-refractivity contribution in [2.45, 2.75) is 23.8 Å². The highest BCUT2D eigenvalue weighted by Gasteiger charge is 2.23. The van der Waals surface area contributed by atoms with E-state index in [1.165, 1.54) is 12.1 Å². The molecule has 1 aromatic carbocycles. The number of rotatable bonds is 4. The quantitative estimate of drug-likeness (QED) is 0.660. The van der Waals surface area contributed by atoms with Crippen molar-refractivity contribution in [3.63, 3.8) is 0 Å². The summed E-state index contributed by atoms with van der Waals surface area (Å²) in [6.45, 7) is 0.197. The van der Waals surface area contributed by atoms with Crippen LogP contribution in [0, 0.1) is 0 Å². The van der Waals surface area contributed by atoms with Gasteiger partial charge in [0, 0.05) is 24.7 Å². The molecule has 7 heteroatoms. The predicted octanol–water partition coefficient (Wildman–Crippen LogP) is -0.174. The van der Waals surface area contributed by atoms with E-state index in [0.717, 1.165) is 0 Å². The lowest BCUT2D eigenvalue weighted by Gasteiger charge is -2.12. The molecule has 1 aromatic rings. The molecule has 1 aliphatic rings. The van der Waals surface area contributed by atoms with Gasteiger partial charge < -0.3 is 11.1 Å². The summed E-state index contributed by atoms with van der Waals surface area (Å²) in [6, 6.07) is 5.95. The molecule has 0 aliphatic carbocycles. The Balaban J connectivity index is 2.01. The predicted molar refractivity (Wildman–Crippen MR) is 67.2 cm³/mol. The van der Waals surface area contributed by atoms with Crippen LogP contribution in [-0.2, 0) is 14.8 Å². The number of nitrogens with one attached hydrogen (secondary N) is 2. The smallest absolute Gasteiger partial charge is 0.240 e. The summed E-state index contributed by atoms with van der Waals surface area (Å²) in [4.78, 5) is 11.1. The van der Waals surface area contributed by atoms with Crippen LogP contribution in [0.2, 0.25) is 0 Å². The van der Waals surface area contributed by atoms with Gasteiger partial charge in [0.1, 0.15) is 0 Å². The fourth-order valence-corrected chi connectivity index (χ4v) is 2.94. The van der Waals surface area contributed by atoms with Gasteiger partial charge in [-0.1, -0.05) is 6.07 Å². The van der Waals surface area contributed by atoms with Crippen LogP contribution in [0.25, 0.3) is 0 Å². The normalized spacial score (nSPS) is 19.8. The summed E-state index contributed by atoms with van der Waals surface area (Å²) in [5.74, 6) is -0.0387. The van der Waals surface area contributed by atoms with Gasteiger partial charge in [0.2, 0.25) is 15.9 Å². The second-order valence-corrected chi connectivity index (χ2v) is 5.99. The molecule has 1 aliphatic heterocycles. The van der Waals surface area contributed by atoms with Gasteiger partial charge in [-0.05, 0) is 24.6 Å². The van der Waals surface area contributed by atoms with Gasteiger partial charge in [-0.25, -0.2) is 13.1 Å². The maximum absolute atomic E-state index is 11.9. The second-order valence-electron chi connectivity index (χ2n) is 4.23. The van der Waals surface area contributed by atoms with Gasteiger partial charge in [-0.2, -0.15) is 0 Å². The third-order valence-corrected chi connectivity index (χ3v) is 4.19. The fraction of sp³-hybridized carbons (Fsp3) is 0.364. The average Bonchev–Trinajstić information content (AvgIpc) is 2.73. The number of nitrogens with two attached hydrogens (primary N) is 1. The first-order valence-electron chi connectivity index (χ1n) is 5.62. The maximum atomic E-state index is 11.9. The zero-order valence-corrected chi connectivity index (χ0v) is 10.5. The Bertz CT molecular complexity index is 556. The molecule has 2 rings (SSSR count). The lowest BCUT2D eigenvalue weighted by Crippen LogP contribution is -2.38. The van der Waals surface area contributed by atoms with E-state index in [4.69, 9.17) is 5.73 Å². The van der Waals surface area contributed by atoms with Crippen molar-refractivity contribution in [1.29, 1.82) is 0 Å². The summed E-state index contributed by atoms with van der Waals surface area (Å²) < 4.78 is 26.4. The molecule has 1 amide bonds. The molecular formula is C11H15N3O3S. The Morgan fingerprint density at radius 3 is 2.83 bits per heavy atom. The average molecular weight is 269 g/mol. The molecule has 4 N–H and O–H groups in total. The van der Waals surface area contributed by atoms with E-state index in [-0.39, 0.29) is 23.4 Å². The van der Waals surface area contributed by atoms with E-state index in [0.29, 0.717) is 18.5 Å². The minimum Gasteiger partial charge on any atom is -0.399 e. The molecule has 1 fully saturated rings. The van der Waals surface area contributed by atoms with E-state index in [2.05, 4.69) is 10.0 Å². The molecule has 0 saturated carbocycles. The molecule has 0 aromatic heterocycles. The molecule has 0 spiro atoms. The van der Waals surface area contributed by atoms with Crippen LogP contribution in [-0.4, -0.2) is 26.9 Å². The second kappa shape index (κ2) is 4.95. The summed E-state index contributed by atoms with van der Waals surface area (Å²) in [6.07, 6.45) is 1.10. The lowest BCUT2D eigenvalue weighted by molar-refractivity contribution is -0.119. The Morgan fingerprint density at radius 1 is 1.44 bits per heavy atom. The molecule has 1 heterocycles. The molecular weight excluding hydrogens is 254 g/mol. The number of sulfonamides is 1. The van der Waals surface area contributed by atoms with Crippen molar-refractivity contribution >= 4 is 21.6 Å². The molecule has 6 nitrogen and oxygen atoms in total. The molecule has 98 valence electrons. The summed E-state index contributed by atoms with van der Waals surface area (Å²) in [5.41, 5.74) is 5.94. The van der Waals surface area contributed by atoms with Crippen molar-refractivity contribution in [2.24, 2.45) is 0 Å². The molecule has 18 heavy (non-hydrogen) atoms. The van der Waals surface area contributed by atoms with Crippen LogP contribution >= 0.6 is 0 Å². The Hall–Kier alpha value is -1.60. The number of hydrogen-bond donors (Lipinski definition) is 3. The SMILES string of the molecule is Nc1cccc(S(=O)(=O)NCC2CCC(=O)N2)c1. The Kier molecular flexibility index (Phi) is 3.53. The van der Waals surface area contributed by atoms with Crippen LogP contribution in [0.15, 0.2) is 29.2 Å². The molecule has 1 unspecified atom stereocenters.